The molecule has 0 bridgehead atoms. The second-order valence-corrected chi connectivity index (χ2v) is 6.31. The van der Waals surface area contributed by atoms with E-state index in [1.54, 1.807) is 7.11 Å². The van der Waals surface area contributed by atoms with Crippen molar-refractivity contribution in [1.29, 1.82) is 0 Å². The maximum absolute atomic E-state index is 12.0. The van der Waals surface area contributed by atoms with Gasteiger partial charge in [-0.15, -0.1) is 0 Å². The highest BCUT2D eigenvalue weighted by Crippen LogP contribution is 2.07. The lowest BCUT2D eigenvalue weighted by Gasteiger charge is -2.07. The zero-order valence-corrected chi connectivity index (χ0v) is 13.4. The van der Waals surface area contributed by atoms with Crippen molar-refractivity contribution in [1.82, 2.24) is 9.71 Å². The second-order valence-electron chi connectivity index (χ2n) is 4.10. The van der Waals surface area contributed by atoms with Crippen LogP contribution in [0.4, 0.5) is 0 Å². The average Bonchev–Trinajstić information content (AvgIpc) is 2.46. The van der Waals surface area contributed by atoms with Gasteiger partial charge in [-0.1, -0.05) is 12.2 Å². The van der Waals surface area contributed by atoms with Gasteiger partial charge in [-0.2, -0.15) is 0 Å². The van der Waals surface area contributed by atoms with Crippen LogP contribution in [0.3, 0.4) is 0 Å². The molecule has 0 spiro atoms. The van der Waals surface area contributed by atoms with Gasteiger partial charge in [-0.05, 0) is 18.6 Å². The zero-order chi connectivity index (χ0) is 15.7. The summed E-state index contributed by atoms with van der Waals surface area (Å²) in [5.74, 6) is 0. The number of thiocarbonyl (C=S) groups is 1. The van der Waals surface area contributed by atoms with Crippen LogP contribution in [-0.2, 0) is 19.5 Å². The second kappa shape index (κ2) is 9.00. The fraction of sp³-hybridized carbons (Fsp3) is 0.500. The molecule has 0 atom stereocenters. The Morgan fingerprint density at radius 2 is 2.14 bits per heavy atom. The molecule has 118 valence electrons. The molecule has 0 saturated heterocycles. The van der Waals surface area contributed by atoms with E-state index >= 15 is 0 Å². The number of pyridine rings is 1. The molecule has 1 heterocycles. The maximum atomic E-state index is 12.0. The van der Waals surface area contributed by atoms with Crippen LogP contribution in [-0.4, -0.2) is 51.9 Å². The third kappa shape index (κ3) is 6.44. The van der Waals surface area contributed by atoms with Gasteiger partial charge in [0.2, 0.25) is 10.0 Å². The van der Waals surface area contributed by atoms with Crippen LogP contribution in [0.2, 0.25) is 0 Å². The van der Waals surface area contributed by atoms with Crippen LogP contribution in [0, 0.1) is 0 Å². The van der Waals surface area contributed by atoms with E-state index in [4.69, 9.17) is 27.4 Å². The van der Waals surface area contributed by atoms with Gasteiger partial charge in [0.15, 0.2) is 0 Å². The Bertz CT molecular complexity index is 546. The summed E-state index contributed by atoms with van der Waals surface area (Å²) in [6.45, 7) is 1.76. The van der Waals surface area contributed by atoms with E-state index in [0.29, 0.717) is 31.9 Å². The van der Waals surface area contributed by atoms with E-state index < -0.39 is 10.0 Å². The molecule has 0 aliphatic heterocycles. The van der Waals surface area contributed by atoms with E-state index in [1.165, 1.54) is 18.3 Å². The maximum Gasteiger partial charge on any atom is 0.242 e. The topological polar surface area (TPSA) is 104 Å². The van der Waals surface area contributed by atoms with E-state index in [9.17, 15) is 8.42 Å². The summed E-state index contributed by atoms with van der Waals surface area (Å²) in [5.41, 5.74) is 5.79. The van der Waals surface area contributed by atoms with E-state index in [-0.39, 0.29) is 16.4 Å². The highest BCUT2D eigenvalue weighted by molar-refractivity contribution is 7.89. The Kier molecular flexibility index (Phi) is 7.68. The minimum Gasteiger partial charge on any atom is -0.388 e. The van der Waals surface area contributed by atoms with Gasteiger partial charge in [-0.25, -0.2) is 13.1 Å². The summed E-state index contributed by atoms with van der Waals surface area (Å²) in [5, 5.41) is 0. The van der Waals surface area contributed by atoms with Gasteiger partial charge in [0.05, 0.1) is 18.9 Å². The molecule has 3 N–H and O–H groups in total. The number of nitrogens with two attached hydrogens (primary N) is 1. The zero-order valence-electron chi connectivity index (χ0n) is 11.7. The third-order valence-electron chi connectivity index (χ3n) is 2.49. The Hall–Kier alpha value is -1.13. The summed E-state index contributed by atoms with van der Waals surface area (Å²) in [6.07, 6.45) is 1.80. The molecule has 0 aliphatic carbocycles. The van der Waals surface area contributed by atoms with Gasteiger partial charge in [0.25, 0.3) is 0 Å². The molecule has 0 aliphatic rings. The van der Waals surface area contributed by atoms with Crippen LogP contribution in [0.1, 0.15) is 12.1 Å². The highest BCUT2D eigenvalue weighted by atomic mass is 32.2. The number of hydrogen-bond acceptors (Lipinski definition) is 6. The number of sulfonamides is 1. The van der Waals surface area contributed by atoms with E-state index in [0.717, 1.165) is 0 Å². The number of hydrogen-bond donors (Lipinski definition) is 2. The Labute approximate surface area is 129 Å². The molecule has 0 fully saturated rings. The first-order valence-electron chi connectivity index (χ1n) is 6.29. The van der Waals surface area contributed by atoms with Crippen LogP contribution >= 0.6 is 12.2 Å². The summed E-state index contributed by atoms with van der Waals surface area (Å²) in [7, 11) is -1.99. The largest absolute Gasteiger partial charge is 0.388 e. The molecular weight excluding hydrogens is 314 g/mol. The Balaban J connectivity index is 2.41. The number of nitrogens with zero attached hydrogens (tertiary/aromatic N) is 1. The van der Waals surface area contributed by atoms with Crippen molar-refractivity contribution in [3.63, 3.8) is 0 Å². The molecule has 9 heteroatoms. The predicted octanol–water partition coefficient (Wildman–Crippen LogP) is 0.0472. The lowest BCUT2D eigenvalue weighted by Crippen LogP contribution is -2.26. The fourth-order valence-electron chi connectivity index (χ4n) is 1.39. The summed E-state index contributed by atoms with van der Waals surface area (Å²) < 4.78 is 36.5. The molecular formula is C12H19N3O4S2. The number of rotatable bonds is 10. The molecule has 0 unspecified atom stereocenters. The molecule has 7 nitrogen and oxygen atoms in total. The number of nitrogens with one attached hydrogen (secondary N) is 1. The number of aromatic nitrogens is 1. The van der Waals surface area contributed by atoms with E-state index in [1.807, 2.05) is 0 Å². The van der Waals surface area contributed by atoms with Gasteiger partial charge >= 0.3 is 0 Å². The van der Waals surface area contributed by atoms with Crippen LogP contribution < -0.4 is 10.5 Å². The first kappa shape index (κ1) is 17.9. The average molecular weight is 333 g/mol. The van der Waals surface area contributed by atoms with Gasteiger partial charge in [-0.3, -0.25) is 4.98 Å². The van der Waals surface area contributed by atoms with Gasteiger partial charge in [0.1, 0.15) is 9.88 Å². The van der Waals surface area contributed by atoms with Crippen molar-refractivity contribution in [3.8, 4) is 0 Å². The molecule has 0 amide bonds. The van der Waals surface area contributed by atoms with Gasteiger partial charge < -0.3 is 15.2 Å². The lowest BCUT2D eigenvalue weighted by molar-refractivity contribution is 0.0699. The number of ether oxygens (including phenoxy) is 2. The molecule has 0 radical (unpaired) electrons. The van der Waals surface area contributed by atoms with Gasteiger partial charge in [0, 0.05) is 26.5 Å². The minimum absolute atomic E-state index is 0.0720. The van der Waals surface area contributed by atoms with Crippen molar-refractivity contribution in [2.75, 3.05) is 33.5 Å². The first-order valence-corrected chi connectivity index (χ1v) is 8.18. The molecule has 1 aromatic rings. The van der Waals surface area contributed by atoms with Crippen molar-refractivity contribution in [2.45, 2.75) is 11.3 Å². The monoisotopic (exact) mass is 333 g/mol. The van der Waals surface area contributed by atoms with Crippen molar-refractivity contribution in [3.05, 3.63) is 24.0 Å². The highest BCUT2D eigenvalue weighted by Gasteiger charge is 2.13. The predicted molar refractivity (Wildman–Crippen MR) is 82.6 cm³/mol. The number of methoxy groups -OCH3 is 1. The lowest BCUT2D eigenvalue weighted by atomic mass is 10.3. The van der Waals surface area contributed by atoms with Crippen molar-refractivity contribution >= 4 is 27.2 Å². The standard InChI is InChI=1S/C12H19N3O4S2/c1-18-7-8-19-6-2-5-15-21(16,17)10-3-4-11(12(13)20)14-9-10/h3-4,9,15H,2,5-8H2,1H3,(H2,13,20). The van der Waals surface area contributed by atoms with Crippen LogP contribution in [0.25, 0.3) is 0 Å². The molecule has 0 saturated carbocycles. The van der Waals surface area contributed by atoms with Crippen molar-refractivity contribution in [2.24, 2.45) is 5.73 Å². The Morgan fingerprint density at radius 3 is 2.71 bits per heavy atom. The van der Waals surface area contributed by atoms with Crippen LogP contribution in [0.5, 0.6) is 0 Å². The summed E-state index contributed by atoms with van der Waals surface area (Å²) >= 11 is 4.76. The SMILES string of the molecule is COCCOCCCNS(=O)(=O)c1ccc(C(N)=S)nc1. The molecule has 1 aromatic heterocycles. The molecule has 0 aromatic carbocycles. The quantitative estimate of drug-likeness (QED) is 0.460. The van der Waals surface area contributed by atoms with Crippen molar-refractivity contribution < 1.29 is 17.9 Å². The molecule has 1 rings (SSSR count). The fourth-order valence-corrected chi connectivity index (χ4v) is 2.53. The molecule has 21 heavy (non-hydrogen) atoms. The van der Waals surface area contributed by atoms with E-state index in [2.05, 4.69) is 9.71 Å². The first-order chi connectivity index (χ1) is 9.97. The normalized spacial score (nSPS) is 11.5. The minimum atomic E-state index is -3.58. The Morgan fingerprint density at radius 1 is 1.38 bits per heavy atom. The summed E-state index contributed by atoms with van der Waals surface area (Å²) in [6, 6.07) is 2.89. The summed E-state index contributed by atoms with van der Waals surface area (Å²) in [4.78, 5) is 4.10. The smallest absolute Gasteiger partial charge is 0.242 e. The third-order valence-corrected chi connectivity index (χ3v) is 4.14. The van der Waals surface area contributed by atoms with Crippen LogP contribution in [0.15, 0.2) is 23.2 Å².